The van der Waals surface area contributed by atoms with Crippen LogP contribution in [0, 0.1) is 5.82 Å². The van der Waals surface area contributed by atoms with Crippen molar-refractivity contribution in [3.63, 3.8) is 0 Å². The Bertz CT molecular complexity index is 636. The van der Waals surface area contributed by atoms with Crippen LogP contribution in [0.25, 0.3) is 0 Å². The molecule has 2 aromatic carbocycles. The molecule has 0 fully saturated rings. The maximum absolute atomic E-state index is 13.3. The predicted molar refractivity (Wildman–Crippen MR) is 80.5 cm³/mol. The van der Waals surface area contributed by atoms with Crippen LogP contribution in [0.1, 0.15) is 41.3 Å². The Morgan fingerprint density at radius 1 is 1.19 bits per heavy atom. The van der Waals surface area contributed by atoms with Gasteiger partial charge in [0.15, 0.2) is 0 Å². The van der Waals surface area contributed by atoms with Crippen LogP contribution >= 0.6 is 0 Å². The summed E-state index contributed by atoms with van der Waals surface area (Å²) in [7, 11) is 0. The highest BCUT2D eigenvalue weighted by molar-refractivity contribution is 5.89. The lowest BCUT2D eigenvalue weighted by atomic mass is 10.0. The zero-order chi connectivity index (χ0) is 15.4. The number of nitrogen functional groups attached to an aromatic ring is 1. The van der Waals surface area contributed by atoms with E-state index < -0.39 is 11.8 Å². The molecular formula is C17H18FNO2. The molecule has 0 spiro atoms. The van der Waals surface area contributed by atoms with Crippen LogP contribution < -0.4 is 5.73 Å². The van der Waals surface area contributed by atoms with Crippen LogP contribution in [0.2, 0.25) is 0 Å². The van der Waals surface area contributed by atoms with E-state index in [1.807, 2.05) is 24.3 Å². The van der Waals surface area contributed by atoms with E-state index in [4.69, 9.17) is 10.5 Å². The summed E-state index contributed by atoms with van der Waals surface area (Å²) in [6, 6.07) is 11.7. The Balaban J connectivity index is 1.98. The number of esters is 1. The molecule has 0 aliphatic carbocycles. The van der Waals surface area contributed by atoms with Gasteiger partial charge in [-0.2, -0.15) is 0 Å². The molecule has 0 amide bonds. The van der Waals surface area contributed by atoms with Crippen LogP contribution in [0.5, 0.6) is 0 Å². The van der Waals surface area contributed by atoms with Gasteiger partial charge in [-0.3, -0.25) is 0 Å². The first-order chi connectivity index (χ1) is 9.97. The first-order valence-electron chi connectivity index (χ1n) is 6.78. The number of hydrogen-bond acceptors (Lipinski definition) is 3. The van der Waals surface area contributed by atoms with Gasteiger partial charge in [-0.05, 0) is 35.2 Å². The van der Waals surface area contributed by atoms with Crippen molar-refractivity contribution in [2.24, 2.45) is 0 Å². The van der Waals surface area contributed by atoms with Crippen molar-refractivity contribution < 1.29 is 13.9 Å². The number of carbonyl (C=O) groups is 1. The summed E-state index contributed by atoms with van der Waals surface area (Å²) >= 11 is 0. The second-order valence-electron chi connectivity index (χ2n) is 5.21. The zero-order valence-corrected chi connectivity index (χ0v) is 12.1. The van der Waals surface area contributed by atoms with Gasteiger partial charge in [-0.1, -0.05) is 38.1 Å². The SMILES string of the molecule is CC(C)c1ccc(COC(=O)c2ccc(N)c(F)c2)cc1. The molecular weight excluding hydrogens is 269 g/mol. The third-order valence-electron chi connectivity index (χ3n) is 3.25. The summed E-state index contributed by atoms with van der Waals surface area (Å²) in [5.74, 6) is -0.730. The van der Waals surface area contributed by atoms with Crippen molar-refractivity contribution in [1.82, 2.24) is 0 Å². The summed E-state index contributed by atoms with van der Waals surface area (Å²) < 4.78 is 18.5. The number of hydrogen-bond donors (Lipinski definition) is 1. The summed E-state index contributed by atoms with van der Waals surface area (Å²) in [6.07, 6.45) is 0. The van der Waals surface area contributed by atoms with E-state index in [1.165, 1.54) is 17.7 Å². The lowest BCUT2D eigenvalue weighted by Crippen LogP contribution is -2.06. The molecule has 0 bridgehead atoms. The Labute approximate surface area is 123 Å². The molecule has 0 aliphatic heterocycles. The molecule has 0 heterocycles. The Hall–Kier alpha value is -2.36. The first kappa shape index (κ1) is 15.0. The molecule has 0 aromatic heterocycles. The molecule has 3 nitrogen and oxygen atoms in total. The van der Waals surface area contributed by atoms with E-state index in [2.05, 4.69) is 13.8 Å². The van der Waals surface area contributed by atoms with Gasteiger partial charge in [0, 0.05) is 0 Å². The average molecular weight is 287 g/mol. The van der Waals surface area contributed by atoms with Crippen molar-refractivity contribution in [2.45, 2.75) is 26.4 Å². The minimum absolute atomic E-state index is 0.0100. The molecule has 21 heavy (non-hydrogen) atoms. The topological polar surface area (TPSA) is 52.3 Å². The van der Waals surface area contributed by atoms with Gasteiger partial charge in [0.05, 0.1) is 11.3 Å². The molecule has 0 atom stereocenters. The Kier molecular flexibility index (Phi) is 4.58. The van der Waals surface area contributed by atoms with Gasteiger partial charge >= 0.3 is 5.97 Å². The number of nitrogens with two attached hydrogens (primary N) is 1. The molecule has 2 rings (SSSR count). The summed E-state index contributed by atoms with van der Waals surface area (Å²) in [4.78, 5) is 11.8. The maximum atomic E-state index is 13.3. The molecule has 0 saturated heterocycles. The third kappa shape index (κ3) is 3.81. The monoisotopic (exact) mass is 287 g/mol. The molecule has 0 aliphatic rings. The van der Waals surface area contributed by atoms with Crippen molar-refractivity contribution in [2.75, 3.05) is 5.73 Å². The number of carbonyl (C=O) groups excluding carboxylic acids is 1. The van der Waals surface area contributed by atoms with E-state index in [0.717, 1.165) is 11.6 Å². The fourth-order valence-electron chi connectivity index (χ4n) is 1.89. The van der Waals surface area contributed by atoms with E-state index in [1.54, 1.807) is 0 Å². The Morgan fingerprint density at radius 2 is 1.86 bits per heavy atom. The number of rotatable bonds is 4. The van der Waals surface area contributed by atoms with E-state index in [9.17, 15) is 9.18 Å². The van der Waals surface area contributed by atoms with Gasteiger partial charge in [-0.15, -0.1) is 0 Å². The normalized spacial score (nSPS) is 10.7. The molecule has 2 aromatic rings. The summed E-state index contributed by atoms with van der Waals surface area (Å²) in [5.41, 5.74) is 7.65. The minimum Gasteiger partial charge on any atom is -0.457 e. The maximum Gasteiger partial charge on any atom is 0.338 e. The van der Waals surface area contributed by atoms with Crippen LogP contribution in [0.4, 0.5) is 10.1 Å². The molecule has 2 N–H and O–H groups in total. The number of ether oxygens (including phenoxy) is 1. The minimum atomic E-state index is -0.620. The number of benzene rings is 2. The summed E-state index contributed by atoms with van der Waals surface area (Å²) in [5, 5.41) is 0. The largest absolute Gasteiger partial charge is 0.457 e. The number of anilines is 1. The highest BCUT2D eigenvalue weighted by Crippen LogP contribution is 2.16. The van der Waals surface area contributed by atoms with E-state index >= 15 is 0 Å². The Morgan fingerprint density at radius 3 is 2.43 bits per heavy atom. The lowest BCUT2D eigenvalue weighted by Gasteiger charge is -2.08. The van der Waals surface area contributed by atoms with Gasteiger partial charge in [0.2, 0.25) is 0 Å². The molecule has 4 heteroatoms. The average Bonchev–Trinajstić information content (AvgIpc) is 2.48. The van der Waals surface area contributed by atoms with Gasteiger partial charge in [0.1, 0.15) is 12.4 Å². The predicted octanol–water partition coefficient (Wildman–Crippen LogP) is 3.89. The van der Waals surface area contributed by atoms with Gasteiger partial charge < -0.3 is 10.5 Å². The molecule has 0 unspecified atom stereocenters. The standard InChI is InChI=1S/C17H18FNO2/c1-11(2)13-5-3-12(4-6-13)10-21-17(20)14-7-8-16(19)15(18)9-14/h3-9,11H,10,19H2,1-2H3. The third-order valence-corrected chi connectivity index (χ3v) is 3.25. The van der Waals surface area contributed by atoms with Gasteiger partial charge in [-0.25, -0.2) is 9.18 Å². The molecule has 0 radical (unpaired) electrons. The van der Waals surface area contributed by atoms with Crippen molar-refractivity contribution in [1.29, 1.82) is 0 Å². The van der Waals surface area contributed by atoms with Crippen molar-refractivity contribution >= 4 is 11.7 Å². The van der Waals surface area contributed by atoms with E-state index in [-0.39, 0.29) is 17.9 Å². The van der Waals surface area contributed by atoms with Crippen LogP contribution in [-0.4, -0.2) is 5.97 Å². The smallest absolute Gasteiger partial charge is 0.338 e. The van der Waals surface area contributed by atoms with Crippen LogP contribution in [0.15, 0.2) is 42.5 Å². The fraction of sp³-hybridized carbons (Fsp3) is 0.235. The van der Waals surface area contributed by atoms with Crippen molar-refractivity contribution in [3.8, 4) is 0 Å². The van der Waals surface area contributed by atoms with E-state index in [0.29, 0.717) is 5.92 Å². The summed E-state index contributed by atoms with van der Waals surface area (Å²) in [6.45, 7) is 4.39. The molecule has 110 valence electrons. The van der Waals surface area contributed by atoms with Gasteiger partial charge in [0.25, 0.3) is 0 Å². The fourth-order valence-corrected chi connectivity index (χ4v) is 1.89. The number of halogens is 1. The van der Waals surface area contributed by atoms with Crippen molar-refractivity contribution in [3.05, 3.63) is 65.0 Å². The highest BCUT2D eigenvalue weighted by Gasteiger charge is 2.10. The quantitative estimate of drug-likeness (QED) is 0.685. The highest BCUT2D eigenvalue weighted by atomic mass is 19.1. The van der Waals surface area contributed by atoms with Crippen LogP contribution in [-0.2, 0) is 11.3 Å². The second-order valence-corrected chi connectivity index (χ2v) is 5.21. The second kappa shape index (κ2) is 6.39. The first-order valence-corrected chi connectivity index (χ1v) is 6.78. The lowest BCUT2D eigenvalue weighted by molar-refractivity contribution is 0.0472. The zero-order valence-electron chi connectivity index (χ0n) is 12.1. The molecule has 0 saturated carbocycles. The van der Waals surface area contributed by atoms with Crippen LogP contribution in [0.3, 0.4) is 0 Å².